The molecule has 0 saturated heterocycles. The molecule has 2 aromatic rings. The van der Waals surface area contributed by atoms with Gasteiger partial charge in [-0.05, 0) is 24.4 Å². The lowest BCUT2D eigenvalue weighted by Crippen LogP contribution is -2.00. The molecular formula is C12H13N3S. The van der Waals surface area contributed by atoms with E-state index in [-0.39, 0.29) is 0 Å². The summed E-state index contributed by atoms with van der Waals surface area (Å²) in [5.41, 5.74) is 7.46. The molecule has 4 heteroatoms. The minimum absolute atomic E-state index is 0.399. The first-order chi connectivity index (χ1) is 7.79. The van der Waals surface area contributed by atoms with E-state index in [2.05, 4.69) is 16.9 Å². The van der Waals surface area contributed by atoms with Crippen LogP contribution in [0, 0.1) is 18.8 Å². The second-order valence-corrected chi connectivity index (χ2v) is 4.42. The lowest BCUT2D eigenvalue weighted by molar-refractivity contribution is 0.686. The van der Waals surface area contributed by atoms with Gasteiger partial charge >= 0.3 is 0 Å². The Morgan fingerprint density at radius 1 is 1.50 bits per heavy atom. The molecule has 16 heavy (non-hydrogen) atoms. The second-order valence-electron chi connectivity index (χ2n) is 3.42. The third-order valence-corrected chi connectivity index (χ3v) is 3.06. The van der Waals surface area contributed by atoms with Crippen molar-refractivity contribution in [1.82, 2.24) is 9.78 Å². The molecule has 2 rings (SSSR count). The quantitative estimate of drug-likeness (QED) is 0.798. The van der Waals surface area contributed by atoms with Gasteiger partial charge in [-0.1, -0.05) is 11.8 Å². The summed E-state index contributed by atoms with van der Waals surface area (Å²) in [4.78, 5) is 1.23. The number of rotatable bonds is 2. The minimum Gasteiger partial charge on any atom is -0.320 e. The van der Waals surface area contributed by atoms with Crippen molar-refractivity contribution in [2.45, 2.75) is 13.5 Å². The van der Waals surface area contributed by atoms with E-state index in [4.69, 9.17) is 5.73 Å². The number of hydrogen-bond donors (Lipinski definition) is 1. The van der Waals surface area contributed by atoms with Crippen molar-refractivity contribution in [1.29, 1.82) is 0 Å². The van der Waals surface area contributed by atoms with Crippen molar-refractivity contribution < 1.29 is 0 Å². The largest absolute Gasteiger partial charge is 0.320 e. The topological polar surface area (TPSA) is 43.8 Å². The summed E-state index contributed by atoms with van der Waals surface area (Å²) in [5.74, 6) is 5.95. The first-order valence-electron chi connectivity index (χ1n) is 5.05. The highest BCUT2D eigenvalue weighted by Crippen LogP contribution is 2.16. The van der Waals surface area contributed by atoms with Gasteiger partial charge in [-0.2, -0.15) is 5.10 Å². The molecule has 0 atom stereocenters. The Bertz CT molecular complexity index is 528. The molecule has 0 aromatic carbocycles. The Morgan fingerprint density at radius 3 is 3.06 bits per heavy atom. The summed E-state index contributed by atoms with van der Waals surface area (Å²) >= 11 is 1.70. The fourth-order valence-electron chi connectivity index (χ4n) is 1.42. The maximum absolute atomic E-state index is 5.36. The van der Waals surface area contributed by atoms with E-state index in [0.717, 1.165) is 17.8 Å². The summed E-state index contributed by atoms with van der Waals surface area (Å²) in [6, 6.07) is 4.03. The maximum atomic E-state index is 5.36. The van der Waals surface area contributed by atoms with Gasteiger partial charge in [0.2, 0.25) is 0 Å². The fraction of sp³-hybridized carbons (Fsp3) is 0.250. The van der Waals surface area contributed by atoms with Crippen molar-refractivity contribution >= 4 is 11.3 Å². The van der Waals surface area contributed by atoms with E-state index in [1.807, 2.05) is 35.3 Å². The monoisotopic (exact) mass is 231 g/mol. The van der Waals surface area contributed by atoms with Crippen LogP contribution in [-0.2, 0) is 6.54 Å². The number of hydrogen-bond acceptors (Lipinski definition) is 3. The molecule has 0 fully saturated rings. The average Bonchev–Trinajstić information content (AvgIpc) is 2.86. The van der Waals surface area contributed by atoms with Crippen LogP contribution in [0.15, 0.2) is 23.7 Å². The van der Waals surface area contributed by atoms with Gasteiger partial charge in [-0.25, -0.2) is 0 Å². The zero-order valence-corrected chi connectivity index (χ0v) is 9.92. The SMILES string of the molecule is Cc1ccn(Cc2sccc2C#CCN)n1. The highest BCUT2D eigenvalue weighted by Gasteiger charge is 2.03. The van der Waals surface area contributed by atoms with Crippen molar-refractivity contribution in [3.63, 3.8) is 0 Å². The molecule has 0 spiro atoms. The number of nitrogens with zero attached hydrogens (tertiary/aromatic N) is 2. The minimum atomic E-state index is 0.399. The Hall–Kier alpha value is -1.57. The molecule has 3 nitrogen and oxygen atoms in total. The van der Waals surface area contributed by atoms with Gasteiger partial charge in [0.1, 0.15) is 0 Å². The Morgan fingerprint density at radius 2 is 2.38 bits per heavy atom. The molecular weight excluding hydrogens is 218 g/mol. The van der Waals surface area contributed by atoms with Crippen LogP contribution in [0.1, 0.15) is 16.1 Å². The van der Waals surface area contributed by atoms with E-state index < -0.39 is 0 Å². The van der Waals surface area contributed by atoms with E-state index in [9.17, 15) is 0 Å². The first kappa shape index (κ1) is 10.9. The maximum Gasteiger partial charge on any atom is 0.0764 e. The second kappa shape index (κ2) is 4.97. The molecule has 82 valence electrons. The van der Waals surface area contributed by atoms with Gasteiger partial charge in [0.05, 0.1) is 18.8 Å². The predicted octanol–water partition coefficient (Wildman–Crippen LogP) is 1.61. The molecule has 2 N–H and O–H groups in total. The third kappa shape index (κ3) is 2.51. The van der Waals surface area contributed by atoms with Gasteiger partial charge in [-0.3, -0.25) is 4.68 Å². The normalized spacial score (nSPS) is 9.88. The third-order valence-electron chi connectivity index (χ3n) is 2.15. The van der Waals surface area contributed by atoms with E-state index in [1.54, 1.807) is 11.3 Å². The van der Waals surface area contributed by atoms with Crippen LogP contribution in [0.25, 0.3) is 0 Å². The number of aromatic nitrogens is 2. The zero-order chi connectivity index (χ0) is 11.4. The van der Waals surface area contributed by atoms with Gasteiger partial charge < -0.3 is 5.73 Å². The van der Waals surface area contributed by atoms with Gasteiger partial charge in [0, 0.05) is 16.6 Å². The lowest BCUT2D eigenvalue weighted by atomic mass is 10.2. The van der Waals surface area contributed by atoms with E-state index in [0.29, 0.717) is 6.54 Å². The van der Waals surface area contributed by atoms with Crippen LogP contribution in [0.2, 0.25) is 0 Å². The zero-order valence-electron chi connectivity index (χ0n) is 9.10. The molecule has 0 bridgehead atoms. The van der Waals surface area contributed by atoms with Crippen LogP contribution < -0.4 is 5.73 Å². The molecule has 0 aliphatic rings. The highest BCUT2D eigenvalue weighted by molar-refractivity contribution is 7.10. The lowest BCUT2D eigenvalue weighted by Gasteiger charge is -1.99. The highest BCUT2D eigenvalue weighted by atomic mass is 32.1. The standard InChI is InChI=1S/C12H13N3S/c1-10-4-7-15(14-10)9-12-11(3-2-6-13)5-8-16-12/h4-5,7-8H,6,9,13H2,1H3. The van der Waals surface area contributed by atoms with Crippen molar-refractivity contribution in [2.75, 3.05) is 6.54 Å². The Balaban J connectivity index is 2.18. The smallest absolute Gasteiger partial charge is 0.0764 e. The summed E-state index contributed by atoms with van der Waals surface area (Å²) in [5, 5.41) is 6.41. The molecule has 0 unspecified atom stereocenters. The van der Waals surface area contributed by atoms with Crippen LogP contribution in [0.5, 0.6) is 0 Å². The van der Waals surface area contributed by atoms with Crippen LogP contribution in [0.4, 0.5) is 0 Å². The molecule has 0 aliphatic heterocycles. The van der Waals surface area contributed by atoms with Gasteiger partial charge in [0.25, 0.3) is 0 Å². The van der Waals surface area contributed by atoms with Gasteiger partial charge in [-0.15, -0.1) is 11.3 Å². The summed E-state index contributed by atoms with van der Waals surface area (Å²) in [6.45, 7) is 3.16. The van der Waals surface area contributed by atoms with Crippen molar-refractivity contribution in [2.24, 2.45) is 5.73 Å². The van der Waals surface area contributed by atoms with Crippen molar-refractivity contribution in [3.8, 4) is 11.8 Å². The number of thiophene rings is 1. The Labute approximate surface area is 98.9 Å². The van der Waals surface area contributed by atoms with E-state index in [1.165, 1.54) is 4.88 Å². The summed E-state index contributed by atoms with van der Waals surface area (Å²) < 4.78 is 1.93. The number of nitrogens with two attached hydrogens (primary N) is 1. The van der Waals surface area contributed by atoms with Gasteiger partial charge in [0.15, 0.2) is 0 Å². The Kier molecular flexibility index (Phi) is 3.40. The predicted molar refractivity (Wildman–Crippen MR) is 66.3 cm³/mol. The van der Waals surface area contributed by atoms with Crippen LogP contribution in [-0.4, -0.2) is 16.3 Å². The summed E-state index contributed by atoms with van der Waals surface area (Å²) in [7, 11) is 0. The number of aryl methyl sites for hydroxylation is 1. The molecule has 0 radical (unpaired) electrons. The molecule has 2 heterocycles. The average molecular weight is 231 g/mol. The van der Waals surface area contributed by atoms with Crippen molar-refractivity contribution in [3.05, 3.63) is 39.8 Å². The fourth-order valence-corrected chi connectivity index (χ4v) is 2.24. The molecule has 0 saturated carbocycles. The molecule has 0 amide bonds. The van der Waals surface area contributed by atoms with Crippen LogP contribution >= 0.6 is 11.3 Å². The van der Waals surface area contributed by atoms with Crippen LogP contribution in [0.3, 0.4) is 0 Å². The molecule has 2 aromatic heterocycles. The first-order valence-corrected chi connectivity index (χ1v) is 5.93. The molecule has 0 aliphatic carbocycles. The summed E-state index contributed by atoms with van der Waals surface area (Å²) in [6.07, 6.45) is 1.98. The van der Waals surface area contributed by atoms with E-state index >= 15 is 0 Å².